The molecule has 1 N–H and O–H groups in total. The lowest BCUT2D eigenvalue weighted by Crippen LogP contribution is -2.37. The number of hydrogen-bond acceptors (Lipinski definition) is 2. The van der Waals surface area contributed by atoms with Crippen LogP contribution in [0.4, 0.5) is 0 Å². The molecule has 1 aliphatic carbocycles. The van der Waals surface area contributed by atoms with E-state index in [1.807, 2.05) is 18.2 Å². The van der Waals surface area contributed by atoms with Crippen molar-refractivity contribution < 1.29 is 4.79 Å². The summed E-state index contributed by atoms with van der Waals surface area (Å²) in [6, 6.07) is 19.2. The van der Waals surface area contributed by atoms with Crippen LogP contribution in [-0.4, -0.2) is 27.0 Å². The van der Waals surface area contributed by atoms with Gasteiger partial charge in [-0.3, -0.25) is 9.89 Å². The van der Waals surface area contributed by atoms with Gasteiger partial charge in [0, 0.05) is 17.2 Å². The molecule has 3 aromatic rings. The minimum atomic E-state index is -0.0644. The summed E-state index contributed by atoms with van der Waals surface area (Å²) in [7, 11) is 0. The molecule has 1 aromatic heterocycles. The summed E-state index contributed by atoms with van der Waals surface area (Å²) < 4.78 is 0. The molecule has 1 atom stereocenters. The summed E-state index contributed by atoms with van der Waals surface area (Å²) in [5, 5.41) is 7.63. The van der Waals surface area contributed by atoms with Crippen LogP contribution in [0, 0.1) is 0 Å². The highest BCUT2D eigenvalue weighted by atomic mass is 16.2. The number of carbonyl (C=O) groups is 1. The SMILES string of the molecule is CCc1ccc(C2c3c(-c4ccccc4)n[nH]c3C(=O)N2C2CCCC2)cc1. The number of nitrogens with zero attached hydrogens (tertiary/aromatic N) is 2. The molecular formula is C24H25N3O. The van der Waals surface area contributed by atoms with Crippen molar-refractivity contribution >= 4 is 5.91 Å². The first kappa shape index (κ1) is 17.2. The minimum Gasteiger partial charge on any atom is -0.323 e. The van der Waals surface area contributed by atoms with Crippen LogP contribution in [0.2, 0.25) is 0 Å². The molecule has 4 nitrogen and oxygen atoms in total. The Labute approximate surface area is 165 Å². The fourth-order valence-electron chi connectivity index (χ4n) is 4.80. The van der Waals surface area contributed by atoms with Gasteiger partial charge in [-0.15, -0.1) is 0 Å². The zero-order chi connectivity index (χ0) is 19.1. The number of aromatic nitrogens is 2. The van der Waals surface area contributed by atoms with Crippen LogP contribution in [0.25, 0.3) is 11.3 Å². The van der Waals surface area contributed by atoms with Crippen molar-refractivity contribution in [2.75, 3.05) is 0 Å². The average Bonchev–Trinajstić information content (AvgIpc) is 3.46. The van der Waals surface area contributed by atoms with Crippen molar-refractivity contribution in [2.45, 2.75) is 51.1 Å². The molecule has 5 rings (SSSR count). The molecule has 142 valence electrons. The summed E-state index contributed by atoms with van der Waals surface area (Å²) in [5.74, 6) is 0.0983. The lowest BCUT2D eigenvalue weighted by atomic mass is 9.94. The van der Waals surface area contributed by atoms with Crippen molar-refractivity contribution in [3.63, 3.8) is 0 Å². The summed E-state index contributed by atoms with van der Waals surface area (Å²) >= 11 is 0. The van der Waals surface area contributed by atoms with Crippen molar-refractivity contribution in [2.24, 2.45) is 0 Å². The number of aryl methyl sites for hydroxylation is 1. The van der Waals surface area contributed by atoms with Crippen molar-refractivity contribution in [1.82, 2.24) is 15.1 Å². The number of H-pyrrole nitrogens is 1. The maximum Gasteiger partial charge on any atom is 0.273 e. The maximum absolute atomic E-state index is 13.4. The number of hydrogen-bond donors (Lipinski definition) is 1. The number of rotatable bonds is 4. The highest BCUT2D eigenvalue weighted by molar-refractivity contribution is 6.00. The van der Waals surface area contributed by atoms with Gasteiger partial charge in [0.2, 0.25) is 0 Å². The zero-order valence-corrected chi connectivity index (χ0v) is 16.2. The number of carbonyl (C=O) groups excluding carboxylic acids is 1. The number of nitrogens with one attached hydrogen (secondary N) is 1. The van der Waals surface area contributed by atoms with Gasteiger partial charge < -0.3 is 4.90 Å². The lowest BCUT2D eigenvalue weighted by Gasteiger charge is -2.32. The summed E-state index contributed by atoms with van der Waals surface area (Å²) in [4.78, 5) is 15.5. The highest BCUT2D eigenvalue weighted by Gasteiger charge is 2.45. The Bertz CT molecular complexity index is 984. The van der Waals surface area contributed by atoms with E-state index >= 15 is 0 Å². The predicted molar refractivity (Wildman–Crippen MR) is 110 cm³/mol. The normalized spacial score (nSPS) is 19.4. The van der Waals surface area contributed by atoms with Crippen LogP contribution < -0.4 is 0 Å². The Kier molecular flexibility index (Phi) is 4.27. The highest BCUT2D eigenvalue weighted by Crippen LogP contribution is 2.45. The first-order valence-corrected chi connectivity index (χ1v) is 10.3. The zero-order valence-electron chi connectivity index (χ0n) is 16.2. The van der Waals surface area contributed by atoms with Gasteiger partial charge in [0.25, 0.3) is 5.91 Å². The van der Waals surface area contributed by atoms with Crippen LogP contribution in [0.15, 0.2) is 54.6 Å². The molecule has 28 heavy (non-hydrogen) atoms. The molecule has 2 aliphatic rings. The van der Waals surface area contributed by atoms with Gasteiger partial charge >= 0.3 is 0 Å². The van der Waals surface area contributed by atoms with E-state index in [9.17, 15) is 4.79 Å². The minimum absolute atomic E-state index is 0.0644. The molecule has 1 saturated carbocycles. The lowest BCUT2D eigenvalue weighted by molar-refractivity contribution is 0.0660. The second-order valence-corrected chi connectivity index (χ2v) is 7.88. The summed E-state index contributed by atoms with van der Waals surface area (Å²) in [6.45, 7) is 2.17. The van der Waals surface area contributed by atoms with Crippen molar-refractivity contribution in [3.8, 4) is 11.3 Å². The van der Waals surface area contributed by atoms with E-state index in [1.54, 1.807) is 0 Å². The Morgan fingerprint density at radius 3 is 2.43 bits per heavy atom. The van der Waals surface area contributed by atoms with E-state index in [4.69, 9.17) is 0 Å². The third kappa shape index (κ3) is 2.67. The number of amides is 1. The summed E-state index contributed by atoms with van der Waals surface area (Å²) in [5.41, 5.74) is 6.14. The predicted octanol–water partition coefficient (Wildman–Crippen LogP) is 5.13. The molecule has 2 aromatic carbocycles. The van der Waals surface area contributed by atoms with Gasteiger partial charge in [-0.05, 0) is 30.4 Å². The third-order valence-corrected chi connectivity index (χ3v) is 6.27. The quantitative estimate of drug-likeness (QED) is 0.691. The molecule has 1 aliphatic heterocycles. The Morgan fingerprint density at radius 1 is 1.04 bits per heavy atom. The van der Waals surface area contributed by atoms with E-state index in [0.717, 1.165) is 36.1 Å². The summed E-state index contributed by atoms with van der Waals surface area (Å²) in [6.07, 6.45) is 5.60. The molecule has 0 radical (unpaired) electrons. The fourth-order valence-corrected chi connectivity index (χ4v) is 4.80. The van der Waals surface area contributed by atoms with Crippen LogP contribution in [0.5, 0.6) is 0 Å². The number of fused-ring (bicyclic) bond motifs is 1. The maximum atomic E-state index is 13.4. The third-order valence-electron chi connectivity index (χ3n) is 6.27. The second-order valence-electron chi connectivity index (χ2n) is 7.88. The first-order valence-electron chi connectivity index (χ1n) is 10.3. The van der Waals surface area contributed by atoms with Crippen LogP contribution in [-0.2, 0) is 6.42 Å². The average molecular weight is 371 g/mol. The van der Waals surface area contributed by atoms with Gasteiger partial charge in [-0.25, -0.2) is 0 Å². The van der Waals surface area contributed by atoms with Gasteiger partial charge in [0.15, 0.2) is 0 Å². The van der Waals surface area contributed by atoms with Crippen molar-refractivity contribution in [1.29, 1.82) is 0 Å². The molecule has 4 heteroatoms. The first-order chi connectivity index (χ1) is 13.8. The Balaban J connectivity index is 1.66. The Hall–Kier alpha value is -2.88. The standard InChI is InChI=1S/C24H25N3O/c1-2-16-12-14-18(15-13-16)23-20-21(17-8-4-3-5-9-17)25-26-22(20)24(28)27(23)19-10-6-7-11-19/h3-5,8-9,12-15,19,23H,2,6-7,10-11H2,1H3,(H,25,26). The molecule has 0 bridgehead atoms. The van der Waals surface area contributed by atoms with Gasteiger partial charge in [-0.2, -0.15) is 5.10 Å². The monoisotopic (exact) mass is 371 g/mol. The number of aromatic amines is 1. The van der Waals surface area contributed by atoms with Crippen molar-refractivity contribution in [3.05, 3.63) is 77.0 Å². The van der Waals surface area contributed by atoms with E-state index in [-0.39, 0.29) is 11.9 Å². The molecule has 1 unspecified atom stereocenters. The molecule has 0 saturated heterocycles. The molecule has 0 spiro atoms. The smallest absolute Gasteiger partial charge is 0.273 e. The van der Waals surface area contributed by atoms with E-state index in [0.29, 0.717) is 11.7 Å². The topological polar surface area (TPSA) is 49.0 Å². The largest absolute Gasteiger partial charge is 0.323 e. The molecule has 1 fully saturated rings. The molecule has 1 amide bonds. The Morgan fingerprint density at radius 2 is 1.75 bits per heavy atom. The second kappa shape index (κ2) is 6.93. The van der Waals surface area contributed by atoms with E-state index in [2.05, 4.69) is 58.4 Å². The van der Waals surface area contributed by atoms with Crippen LogP contribution in [0.1, 0.15) is 65.8 Å². The van der Waals surface area contributed by atoms with Gasteiger partial charge in [0.05, 0.1) is 11.7 Å². The van der Waals surface area contributed by atoms with Crippen LogP contribution >= 0.6 is 0 Å². The fraction of sp³-hybridized carbons (Fsp3) is 0.333. The van der Waals surface area contributed by atoms with Crippen LogP contribution in [0.3, 0.4) is 0 Å². The number of benzene rings is 2. The van der Waals surface area contributed by atoms with Gasteiger partial charge in [-0.1, -0.05) is 74.4 Å². The van der Waals surface area contributed by atoms with E-state index in [1.165, 1.54) is 24.0 Å². The molecule has 2 heterocycles. The van der Waals surface area contributed by atoms with E-state index < -0.39 is 0 Å². The van der Waals surface area contributed by atoms with Gasteiger partial charge in [0.1, 0.15) is 5.69 Å². The molecular weight excluding hydrogens is 346 g/mol.